The smallest absolute Gasteiger partial charge is 0.223 e. The lowest BCUT2D eigenvalue weighted by Crippen LogP contribution is -2.48. The molecule has 1 heterocycles. The van der Waals surface area contributed by atoms with Crippen molar-refractivity contribution in [1.82, 2.24) is 10.6 Å². The number of hydrogen-bond acceptors (Lipinski definition) is 4. The third-order valence-corrected chi connectivity index (χ3v) is 3.87. The molecule has 0 saturated heterocycles. The number of halogens is 1. The van der Waals surface area contributed by atoms with E-state index in [1.165, 1.54) is 6.92 Å². The lowest BCUT2D eigenvalue weighted by atomic mass is 10.0. The van der Waals surface area contributed by atoms with Crippen LogP contribution in [0, 0.1) is 0 Å². The molecule has 0 aromatic heterocycles. The van der Waals surface area contributed by atoms with Crippen molar-refractivity contribution < 1.29 is 19.4 Å². The van der Waals surface area contributed by atoms with Gasteiger partial charge in [0.1, 0.15) is 6.10 Å². The normalized spacial score (nSPS) is 22.9. The molecule has 3 atom stereocenters. The molecule has 2 rings (SSSR count). The van der Waals surface area contributed by atoms with E-state index in [9.17, 15) is 14.7 Å². The fraction of sp³-hybridized carbons (Fsp3) is 0.412. The maximum Gasteiger partial charge on any atom is 0.223 e. The molecule has 130 valence electrons. The van der Waals surface area contributed by atoms with Gasteiger partial charge in [0.05, 0.1) is 25.2 Å². The Morgan fingerprint density at radius 1 is 1.25 bits per heavy atom. The summed E-state index contributed by atoms with van der Waals surface area (Å²) in [6.45, 7) is 1.57. The fourth-order valence-electron chi connectivity index (χ4n) is 2.43. The Morgan fingerprint density at radius 2 is 1.96 bits per heavy atom. The van der Waals surface area contributed by atoms with E-state index >= 15 is 0 Å². The molecule has 6 nitrogen and oxygen atoms in total. The SMILES string of the molecule is CC(=O)N[C@@H]1C=C[C@H](CC(=O)NCc2ccc(Cl)cc2)O[C@@H]1CO. The number of aliphatic hydroxyl groups excluding tert-OH is 1. The summed E-state index contributed by atoms with van der Waals surface area (Å²) in [6.07, 6.45) is 2.63. The van der Waals surface area contributed by atoms with E-state index in [0.29, 0.717) is 11.6 Å². The number of hydrogen-bond donors (Lipinski definition) is 3. The van der Waals surface area contributed by atoms with Gasteiger partial charge in [-0.15, -0.1) is 0 Å². The largest absolute Gasteiger partial charge is 0.394 e. The summed E-state index contributed by atoms with van der Waals surface area (Å²) in [5.41, 5.74) is 0.951. The molecule has 0 saturated carbocycles. The second-order valence-corrected chi connectivity index (χ2v) is 6.05. The second-order valence-electron chi connectivity index (χ2n) is 5.61. The average Bonchev–Trinajstić information content (AvgIpc) is 2.55. The zero-order valence-corrected chi connectivity index (χ0v) is 14.1. The Labute approximate surface area is 145 Å². The zero-order chi connectivity index (χ0) is 17.5. The predicted octanol–water partition coefficient (Wildman–Crippen LogP) is 1.17. The van der Waals surface area contributed by atoms with E-state index in [1.54, 1.807) is 24.3 Å². The summed E-state index contributed by atoms with van der Waals surface area (Å²) in [4.78, 5) is 23.1. The number of nitrogens with one attached hydrogen (secondary N) is 2. The van der Waals surface area contributed by atoms with Gasteiger partial charge in [0, 0.05) is 18.5 Å². The standard InChI is InChI=1S/C17H21ClN2O4/c1-11(22)20-15-7-6-14(24-16(15)10-21)8-17(23)19-9-12-2-4-13(18)5-3-12/h2-7,14-16,21H,8-10H2,1H3,(H,19,23)(H,20,22)/t14-,15-,16-/m1/s1. The summed E-state index contributed by atoms with van der Waals surface area (Å²) in [5, 5.41) is 15.5. The summed E-state index contributed by atoms with van der Waals surface area (Å²) < 4.78 is 5.66. The van der Waals surface area contributed by atoms with Gasteiger partial charge in [-0.25, -0.2) is 0 Å². The summed E-state index contributed by atoms with van der Waals surface area (Å²) in [7, 11) is 0. The van der Waals surface area contributed by atoms with Gasteiger partial charge in [0.2, 0.25) is 11.8 Å². The number of benzene rings is 1. The Bertz CT molecular complexity index is 603. The van der Waals surface area contributed by atoms with Crippen molar-refractivity contribution in [2.75, 3.05) is 6.61 Å². The van der Waals surface area contributed by atoms with Crippen LogP contribution in [0.4, 0.5) is 0 Å². The van der Waals surface area contributed by atoms with Crippen molar-refractivity contribution in [2.45, 2.75) is 38.1 Å². The van der Waals surface area contributed by atoms with Gasteiger partial charge >= 0.3 is 0 Å². The van der Waals surface area contributed by atoms with Crippen molar-refractivity contribution >= 4 is 23.4 Å². The van der Waals surface area contributed by atoms with E-state index in [2.05, 4.69) is 10.6 Å². The molecule has 1 aliphatic rings. The number of ether oxygens (including phenoxy) is 1. The number of carbonyl (C=O) groups is 2. The quantitative estimate of drug-likeness (QED) is 0.671. The van der Waals surface area contributed by atoms with Gasteiger partial charge in [-0.3, -0.25) is 9.59 Å². The molecule has 0 aliphatic carbocycles. The van der Waals surface area contributed by atoms with Crippen molar-refractivity contribution in [2.24, 2.45) is 0 Å². The van der Waals surface area contributed by atoms with Crippen LogP contribution in [0.2, 0.25) is 5.02 Å². The molecule has 2 amide bonds. The first kappa shape index (κ1) is 18.4. The molecule has 0 unspecified atom stereocenters. The van der Waals surface area contributed by atoms with Crippen LogP contribution in [0.3, 0.4) is 0 Å². The van der Waals surface area contributed by atoms with Crippen LogP contribution in [-0.4, -0.2) is 41.8 Å². The molecule has 0 spiro atoms. The minimum Gasteiger partial charge on any atom is -0.394 e. The van der Waals surface area contributed by atoms with Crippen LogP contribution < -0.4 is 10.6 Å². The first-order valence-corrected chi connectivity index (χ1v) is 8.08. The minimum atomic E-state index is -0.562. The van der Waals surface area contributed by atoms with Gasteiger partial charge in [0.15, 0.2) is 0 Å². The van der Waals surface area contributed by atoms with E-state index < -0.39 is 12.2 Å². The van der Waals surface area contributed by atoms with Crippen LogP contribution in [0.5, 0.6) is 0 Å². The first-order chi connectivity index (χ1) is 11.5. The molecule has 1 aromatic carbocycles. The summed E-state index contributed by atoms with van der Waals surface area (Å²) >= 11 is 5.82. The Morgan fingerprint density at radius 3 is 2.58 bits per heavy atom. The maximum absolute atomic E-state index is 12.0. The van der Waals surface area contributed by atoms with Gasteiger partial charge < -0.3 is 20.5 Å². The lowest BCUT2D eigenvalue weighted by Gasteiger charge is -2.31. The van der Waals surface area contributed by atoms with Crippen molar-refractivity contribution in [3.8, 4) is 0 Å². The molecule has 24 heavy (non-hydrogen) atoms. The Kier molecular flexibility index (Phi) is 6.78. The Hall–Kier alpha value is -1.89. The van der Waals surface area contributed by atoms with Gasteiger partial charge in [-0.1, -0.05) is 35.9 Å². The Balaban J connectivity index is 1.83. The van der Waals surface area contributed by atoms with E-state index in [4.69, 9.17) is 16.3 Å². The number of amides is 2. The van der Waals surface area contributed by atoms with Crippen LogP contribution in [0.25, 0.3) is 0 Å². The van der Waals surface area contributed by atoms with Crippen molar-refractivity contribution in [1.29, 1.82) is 0 Å². The lowest BCUT2D eigenvalue weighted by molar-refractivity contribution is -0.127. The molecule has 7 heteroatoms. The fourth-order valence-corrected chi connectivity index (χ4v) is 2.55. The highest BCUT2D eigenvalue weighted by Gasteiger charge is 2.28. The third kappa shape index (κ3) is 5.63. The van der Waals surface area contributed by atoms with E-state index in [1.807, 2.05) is 12.1 Å². The van der Waals surface area contributed by atoms with Crippen LogP contribution >= 0.6 is 11.6 Å². The maximum atomic E-state index is 12.0. The molecule has 0 bridgehead atoms. The monoisotopic (exact) mass is 352 g/mol. The van der Waals surface area contributed by atoms with Gasteiger partial charge in [-0.2, -0.15) is 0 Å². The minimum absolute atomic E-state index is 0.146. The van der Waals surface area contributed by atoms with Crippen LogP contribution in [0.15, 0.2) is 36.4 Å². The summed E-state index contributed by atoms with van der Waals surface area (Å²) in [6, 6.07) is 6.84. The summed E-state index contributed by atoms with van der Waals surface area (Å²) in [5.74, 6) is -0.361. The molecule has 0 radical (unpaired) electrons. The number of rotatable bonds is 6. The van der Waals surface area contributed by atoms with E-state index in [-0.39, 0.29) is 30.9 Å². The molecule has 1 aromatic rings. The molecule has 0 fully saturated rings. The van der Waals surface area contributed by atoms with Crippen LogP contribution in [0.1, 0.15) is 18.9 Å². The van der Waals surface area contributed by atoms with Crippen LogP contribution in [-0.2, 0) is 20.9 Å². The van der Waals surface area contributed by atoms with Gasteiger partial charge in [0.25, 0.3) is 0 Å². The second kappa shape index (κ2) is 8.82. The average molecular weight is 353 g/mol. The highest BCUT2D eigenvalue weighted by molar-refractivity contribution is 6.30. The zero-order valence-electron chi connectivity index (χ0n) is 13.4. The third-order valence-electron chi connectivity index (χ3n) is 3.62. The molecule has 3 N–H and O–H groups in total. The number of aliphatic hydroxyl groups is 1. The molecule has 1 aliphatic heterocycles. The van der Waals surface area contributed by atoms with Crippen molar-refractivity contribution in [3.63, 3.8) is 0 Å². The van der Waals surface area contributed by atoms with E-state index in [0.717, 1.165) is 5.56 Å². The number of carbonyl (C=O) groups excluding carboxylic acids is 2. The highest BCUT2D eigenvalue weighted by Crippen LogP contribution is 2.16. The first-order valence-electron chi connectivity index (χ1n) is 7.71. The predicted molar refractivity (Wildman–Crippen MR) is 90.4 cm³/mol. The molecular weight excluding hydrogens is 332 g/mol. The van der Waals surface area contributed by atoms with Crippen molar-refractivity contribution in [3.05, 3.63) is 47.0 Å². The molecular formula is C17H21ClN2O4. The topological polar surface area (TPSA) is 87.7 Å². The van der Waals surface area contributed by atoms with Gasteiger partial charge in [-0.05, 0) is 17.7 Å². The highest BCUT2D eigenvalue weighted by atomic mass is 35.5.